The van der Waals surface area contributed by atoms with Gasteiger partial charge in [-0.15, -0.1) is 0 Å². The van der Waals surface area contributed by atoms with Crippen LogP contribution < -0.4 is 11.1 Å². The normalized spacial score (nSPS) is 11.7. The smallest absolute Gasteiger partial charge is 0.335 e. The largest absolute Gasteiger partial charge is 0.479 e. The van der Waals surface area contributed by atoms with Crippen LogP contribution in [-0.2, 0) is 9.59 Å². The van der Waals surface area contributed by atoms with Gasteiger partial charge in [-0.05, 0) is 38.3 Å². The Bertz CT molecular complexity index is 899. The number of aromatic nitrogens is 4. The molecule has 0 aliphatic rings. The second kappa shape index (κ2) is 11.7. The molecule has 8 N–H and O–H groups in total. The summed E-state index contributed by atoms with van der Waals surface area (Å²) in [7, 11) is 0. The van der Waals surface area contributed by atoms with E-state index in [1.807, 2.05) is 0 Å². The number of carboxylic acid groups (broad SMARTS) is 2. The molecule has 2 heterocycles. The van der Waals surface area contributed by atoms with Crippen molar-refractivity contribution in [2.45, 2.75) is 26.1 Å². The third kappa shape index (κ3) is 10.3. The number of carbonyl (C=O) groups is 2. The summed E-state index contributed by atoms with van der Waals surface area (Å²) >= 11 is 9.35. The summed E-state index contributed by atoms with van der Waals surface area (Å²) in [6.45, 7) is 3.57. The summed E-state index contributed by atoms with van der Waals surface area (Å²) in [5, 5.41) is 32.5. The van der Waals surface area contributed by atoms with Crippen LogP contribution in [0.5, 0.6) is 0 Å². The molecule has 0 saturated carbocycles. The average molecular weight is 434 g/mol. The molecule has 0 amide bonds. The summed E-state index contributed by atoms with van der Waals surface area (Å²) < 4.78 is 0.750. The average Bonchev–Trinajstić information content (AvgIpc) is 2.51. The van der Waals surface area contributed by atoms with Crippen LogP contribution >= 0.6 is 24.4 Å². The van der Waals surface area contributed by atoms with Gasteiger partial charge in [0.15, 0.2) is 21.8 Å². The van der Waals surface area contributed by atoms with Crippen LogP contribution in [0.3, 0.4) is 0 Å². The summed E-state index contributed by atoms with van der Waals surface area (Å²) in [4.78, 5) is 51.1. The number of carboxylic acids is 2. The van der Waals surface area contributed by atoms with Crippen LogP contribution in [0.4, 0.5) is 0 Å². The van der Waals surface area contributed by atoms with Crippen molar-refractivity contribution in [3.63, 3.8) is 0 Å². The van der Waals surface area contributed by atoms with Crippen molar-refractivity contribution < 1.29 is 30.0 Å². The molecule has 12 nitrogen and oxygen atoms in total. The highest BCUT2D eigenvalue weighted by Gasteiger charge is 2.29. The van der Waals surface area contributed by atoms with Crippen molar-refractivity contribution in [2.75, 3.05) is 0 Å². The second-order valence-corrected chi connectivity index (χ2v) is 5.92. The van der Waals surface area contributed by atoms with E-state index in [4.69, 9.17) is 20.4 Å². The molecule has 2 atom stereocenters. The molecular formula is C14H18N4O8S2. The Morgan fingerprint density at radius 2 is 1.07 bits per heavy atom. The van der Waals surface area contributed by atoms with Gasteiger partial charge in [0.1, 0.15) is 0 Å². The Balaban J connectivity index is 0.000000391. The second-order valence-electron chi connectivity index (χ2n) is 5.11. The molecule has 2 aromatic heterocycles. The summed E-state index contributed by atoms with van der Waals surface area (Å²) in [6.07, 6.45) is -4.53. The Morgan fingerprint density at radius 1 is 0.786 bits per heavy atom. The maximum Gasteiger partial charge on any atom is 0.335 e. The molecule has 0 spiro atoms. The van der Waals surface area contributed by atoms with Crippen molar-refractivity contribution in [1.29, 1.82) is 0 Å². The Kier molecular flexibility index (Phi) is 10.5. The lowest BCUT2D eigenvalue weighted by Crippen LogP contribution is -2.39. The maximum atomic E-state index is 10.6. The van der Waals surface area contributed by atoms with Crippen LogP contribution in [0, 0.1) is 23.4 Å². The number of hydrogen-bond donors (Lipinski definition) is 8. The fourth-order valence-corrected chi connectivity index (χ4v) is 1.98. The molecule has 2 aromatic rings. The molecule has 0 bridgehead atoms. The first-order valence-corrected chi connectivity index (χ1v) is 8.07. The van der Waals surface area contributed by atoms with Crippen LogP contribution in [0.2, 0.25) is 0 Å². The summed E-state index contributed by atoms with van der Waals surface area (Å²) in [5.41, 5.74) is 1.25. The molecule has 154 valence electrons. The van der Waals surface area contributed by atoms with Gasteiger partial charge in [-0.2, -0.15) is 0 Å². The molecule has 28 heavy (non-hydrogen) atoms. The first kappa shape index (κ1) is 25.1. The number of hydrogen-bond acceptors (Lipinski definition) is 8. The number of aliphatic hydroxyl groups excluding tert-OH is 2. The molecule has 0 aromatic carbocycles. The molecule has 14 heteroatoms. The molecule has 0 radical (unpaired) electrons. The summed E-state index contributed by atoms with van der Waals surface area (Å²) in [5.74, 6) is -3.54. The van der Waals surface area contributed by atoms with E-state index >= 15 is 0 Å². The van der Waals surface area contributed by atoms with Gasteiger partial charge >= 0.3 is 11.9 Å². The van der Waals surface area contributed by atoms with Gasteiger partial charge in [-0.25, -0.2) is 9.59 Å². The van der Waals surface area contributed by atoms with E-state index in [0.29, 0.717) is 9.54 Å². The molecule has 0 fully saturated rings. The minimum Gasteiger partial charge on any atom is -0.479 e. The zero-order valence-electron chi connectivity index (χ0n) is 14.5. The van der Waals surface area contributed by atoms with Crippen molar-refractivity contribution in [3.8, 4) is 0 Å². The van der Waals surface area contributed by atoms with Crippen molar-refractivity contribution >= 4 is 36.4 Å². The molecule has 2 rings (SSSR count). The van der Waals surface area contributed by atoms with Gasteiger partial charge in [0, 0.05) is 23.5 Å². The van der Waals surface area contributed by atoms with Gasteiger partial charge in [0.05, 0.1) is 0 Å². The fraction of sp³-hybridized carbons (Fsp3) is 0.286. The van der Waals surface area contributed by atoms with Gasteiger partial charge in [-0.3, -0.25) is 19.6 Å². The van der Waals surface area contributed by atoms with Gasteiger partial charge in [-0.1, -0.05) is 0 Å². The number of rotatable bonds is 3. The van der Waals surface area contributed by atoms with Crippen LogP contribution in [0.25, 0.3) is 0 Å². The monoisotopic (exact) mass is 434 g/mol. The van der Waals surface area contributed by atoms with Gasteiger partial charge in [0.25, 0.3) is 11.1 Å². The Morgan fingerprint density at radius 3 is 1.25 bits per heavy atom. The standard InChI is InChI=1S/2C5H6N2OS.C4H6O6/c2*1-3-2-4(8)7-5(9)6-3;5-1(3(7)8)2(6)4(9)10/h2*2H,1H3,(H2,6,7,8,9);1-2,5-6H,(H,7,8)(H,9,10). The fourth-order valence-electron chi connectivity index (χ4n) is 1.45. The van der Waals surface area contributed by atoms with E-state index in [-0.39, 0.29) is 11.1 Å². The van der Waals surface area contributed by atoms with Crippen LogP contribution in [0.15, 0.2) is 21.7 Å². The third-order valence-corrected chi connectivity index (χ3v) is 3.00. The lowest BCUT2D eigenvalue weighted by atomic mass is 10.2. The topological polar surface area (TPSA) is 212 Å². The number of aromatic amines is 4. The number of aliphatic carboxylic acids is 2. The third-order valence-electron chi connectivity index (χ3n) is 2.60. The van der Waals surface area contributed by atoms with E-state index in [0.717, 1.165) is 11.4 Å². The van der Waals surface area contributed by atoms with Gasteiger partial charge in [0.2, 0.25) is 0 Å². The van der Waals surface area contributed by atoms with Crippen molar-refractivity contribution in [3.05, 3.63) is 53.8 Å². The Labute approximate surface area is 166 Å². The van der Waals surface area contributed by atoms with E-state index < -0.39 is 24.1 Å². The predicted molar refractivity (Wildman–Crippen MR) is 101 cm³/mol. The van der Waals surface area contributed by atoms with E-state index in [9.17, 15) is 19.2 Å². The predicted octanol–water partition coefficient (Wildman–Crippen LogP) is -0.641. The lowest BCUT2D eigenvalue weighted by molar-refractivity contribution is -0.165. The highest BCUT2D eigenvalue weighted by Crippen LogP contribution is 1.92. The first-order chi connectivity index (χ1) is 12.8. The van der Waals surface area contributed by atoms with Crippen LogP contribution in [-0.4, -0.2) is 64.5 Å². The van der Waals surface area contributed by atoms with Crippen molar-refractivity contribution in [2.24, 2.45) is 0 Å². The van der Waals surface area contributed by atoms with Crippen LogP contribution in [0.1, 0.15) is 11.4 Å². The molecular weight excluding hydrogens is 416 g/mol. The summed E-state index contributed by atoms with van der Waals surface area (Å²) in [6, 6.07) is 2.91. The lowest BCUT2D eigenvalue weighted by Gasteiger charge is -2.07. The quantitative estimate of drug-likeness (QED) is 0.286. The highest BCUT2D eigenvalue weighted by atomic mass is 32.1. The number of aryl methyl sites for hydroxylation is 2. The number of aliphatic hydroxyl groups is 2. The molecule has 2 unspecified atom stereocenters. The first-order valence-electron chi connectivity index (χ1n) is 7.25. The molecule has 0 aliphatic carbocycles. The minimum absolute atomic E-state index is 0.156. The van der Waals surface area contributed by atoms with Gasteiger partial charge < -0.3 is 30.4 Å². The van der Waals surface area contributed by atoms with E-state index in [1.54, 1.807) is 13.8 Å². The highest BCUT2D eigenvalue weighted by molar-refractivity contribution is 7.71. The zero-order valence-corrected chi connectivity index (χ0v) is 16.2. The number of nitrogens with one attached hydrogen (secondary N) is 4. The van der Waals surface area contributed by atoms with E-state index in [1.165, 1.54) is 12.1 Å². The number of H-pyrrole nitrogens is 4. The minimum atomic E-state index is -2.27. The van der Waals surface area contributed by atoms with E-state index in [2.05, 4.69) is 44.4 Å². The van der Waals surface area contributed by atoms with Crippen molar-refractivity contribution in [1.82, 2.24) is 19.9 Å². The molecule has 0 saturated heterocycles. The zero-order chi connectivity index (χ0) is 22.0. The SMILES string of the molecule is Cc1cc(=O)[nH]c(=S)[nH]1.Cc1cc(=O)[nH]c(=S)[nH]1.O=C(O)C(O)C(O)C(=O)O. The molecule has 0 aliphatic heterocycles. The Hall–Kier alpha value is -2.94. The maximum absolute atomic E-state index is 10.6.